The Bertz CT molecular complexity index is 387. The monoisotopic (exact) mass is 297 g/mol. The second-order valence-electron chi connectivity index (χ2n) is 6.14. The Morgan fingerprint density at radius 1 is 1.25 bits per heavy atom. The fourth-order valence-electron chi connectivity index (χ4n) is 2.10. The van der Waals surface area contributed by atoms with Crippen LogP contribution in [0.25, 0.3) is 0 Å². The van der Waals surface area contributed by atoms with Crippen LogP contribution >= 0.6 is 11.3 Å². The number of nitrogens with zero attached hydrogens (tertiary/aromatic N) is 2. The second kappa shape index (κ2) is 8.63. The fraction of sp³-hybridized carbons (Fsp3) is 0.812. The van der Waals surface area contributed by atoms with Gasteiger partial charge in [0.05, 0.1) is 5.69 Å². The molecule has 0 saturated heterocycles. The van der Waals surface area contributed by atoms with Crippen molar-refractivity contribution in [1.29, 1.82) is 0 Å². The molecular formula is C16H31N3S. The first-order valence-corrected chi connectivity index (χ1v) is 8.69. The maximum absolute atomic E-state index is 4.82. The molecule has 1 atom stereocenters. The highest BCUT2D eigenvalue weighted by Crippen LogP contribution is 2.27. The lowest BCUT2D eigenvalue weighted by Gasteiger charge is -2.19. The van der Waals surface area contributed by atoms with Gasteiger partial charge >= 0.3 is 0 Å². The summed E-state index contributed by atoms with van der Waals surface area (Å²) in [6.45, 7) is 14.3. The molecule has 1 unspecified atom stereocenters. The molecule has 1 aromatic rings. The lowest BCUT2D eigenvalue weighted by atomic mass is 10.1. The minimum atomic E-state index is 0.695. The number of rotatable bonds is 9. The summed E-state index contributed by atoms with van der Waals surface area (Å²) in [6.07, 6.45) is 2.24. The van der Waals surface area contributed by atoms with Gasteiger partial charge in [-0.3, -0.25) is 0 Å². The van der Waals surface area contributed by atoms with E-state index in [-0.39, 0.29) is 0 Å². The van der Waals surface area contributed by atoms with E-state index in [1.807, 2.05) is 11.3 Å². The molecule has 0 bridgehead atoms. The van der Waals surface area contributed by atoms with Gasteiger partial charge in [-0.15, -0.1) is 11.3 Å². The van der Waals surface area contributed by atoms with Crippen molar-refractivity contribution in [3.63, 3.8) is 0 Å². The Balaban J connectivity index is 2.67. The van der Waals surface area contributed by atoms with Gasteiger partial charge in [0.2, 0.25) is 0 Å². The summed E-state index contributed by atoms with van der Waals surface area (Å²) in [7, 11) is 2.16. The number of hydrogen-bond donors (Lipinski definition) is 1. The molecule has 0 spiro atoms. The first kappa shape index (κ1) is 17.4. The van der Waals surface area contributed by atoms with E-state index in [1.54, 1.807) is 0 Å². The smallest absolute Gasteiger partial charge is 0.185 e. The highest BCUT2D eigenvalue weighted by atomic mass is 32.1. The fourth-order valence-corrected chi connectivity index (χ4v) is 3.19. The number of nitrogens with one attached hydrogen (secondary N) is 1. The van der Waals surface area contributed by atoms with Crippen LogP contribution in [0.4, 0.5) is 5.13 Å². The largest absolute Gasteiger partial charge is 0.351 e. The summed E-state index contributed by atoms with van der Waals surface area (Å²) < 4.78 is 0. The SMILES string of the molecule is CCc1nc(N(C)CC(C)CC)sc1CNCC(C)C. The standard InChI is InChI=1S/C16H31N3S/c1-7-13(5)11-19(6)16-18-14(8-2)15(20-16)10-17-9-12(3)4/h12-13,17H,7-11H2,1-6H3. The van der Waals surface area contributed by atoms with Crippen LogP contribution in [0.5, 0.6) is 0 Å². The highest BCUT2D eigenvalue weighted by molar-refractivity contribution is 7.15. The third-order valence-electron chi connectivity index (χ3n) is 3.55. The average Bonchev–Trinajstić information content (AvgIpc) is 2.81. The number of anilines is 1. The molecule has 0 aromatic carbocycles. The molecule has 1 rings (SSSR count). The van der Waals surface area contributed by atoms with Crippen molar-refractivity contribution >= 4 is 16.5 Å². The summed E-state index contributed by atoms with van der Waals surface area (Å²) in [5, 5.41) is 4.70. The van der Waals surface area contributed by atoms with E-state index < -0.39 is 0 Å². The number of aromatic nitrogens is 1. The number of aryl methyl sites for hydroxylation is 1. The molecule has 0 radical (unpaired) electrons. The molecule has 0 aliphatic carbocycles. The van der Waals surface area contributed by atoms with Crippen molar-refractivity contribution in [1.82, 2.24) is 10.3 Å². The van der Waals surface area contributed by atoms with Crippen LogP contribution in [0.1, 0.15) is 51.6 Å². The quantitative estimate of drug-likeness (QED) is 0.748. The van der Waals surface area contributed by atoms with Gasteiger partial charge in [0.15, 0.2) is 5.13 Å². The molecule has 0 aliphatic heterocycles. The van der Waals surface area contributed by atoms with Gasteiger partial charge in [-0.05, 0) is 24.8 Å². The van der Waals surface area contributed by atoms with Gasteiger partial charge in [-0.1, -0.05) is 41.0 Å². The third-order valence-corrected chi connectivity index (χ3v) is 4.76. The van der Waals surface area contributed by atoms with E-state index in [0.717, 1.165) is 32.0 Å². The van der Waals surface area contributed by atoms with Crippen molar-refractivity contribution in [2.75, 3.05) is 25.0 Å². The summed E-state index contributed by atoms with van der Waals surface area (Å²) in [5.74, 6) is 1.41. The summed E-state index contributed by atoms with van der Waals surface area (Å²) in [5.41, 5.74) is 1.26. The zero-order valence-electron chi connectivity index (χ0n) is 14.0. The van der Waals surface area contributed by atoms with Crippen molar-refractivity contribution in [2.24, 2.45) is 11.8 Å². The molecule has 0 aliphatic rings. The van der Waals surface area contributed by atoms with E-state index in [1.165, 1.54) is 22.1 Å². The van der Waals surface area contributed by atoms with E-state index in [9.17, 15) is 0 Å². The third kappa shape index (κ3) is 5.41. The molecule has 1 N–H and O–H groups in total. The van der Waals surface area contributed by atoms with Crippen molar-refractivity contribution in [3.05, 3.63) is 10.6 Å². The van der Waals surface area contributed by atoms with Crippen LogP contribution in [-0.4, -0.2) is 25.1 Å². The van der Waals surface area contributed by atoms with Crippen molar-refractivity contribution in [2.45, 2.75) is 54.0 Å². The average molecular weight is 298 g/mol. The lowest BCUT2D eigenvalue weighted by molar-refractivity contribution is 0.553. The molecule has 1 aromatic heterocycles. The first-order valence-electron chi connectivity index (χ1n) is 7.88. The second-order valence-corrected chi connectivity index (χ2v) is 7.20. The Morgan fingerprint density at radius 2 is 1.95 bits per heavy atom. The zero-order chi connectivity index (χ0) is 15.1. The molecular weight excluding hydrogens is 266 g/mol. The Kier molecular flexibility index (Phi) is 7.52. The maximum atomic E-state index is 4.82. The number of thiazole rings is 1. The molecule has 3 nitrogen and oxygen atoms in total. The number of hydrogen-bond acceptors (Lipinski definition) is 4. The van der Waals surface area contributed by atoms with E-state index >= 15 is 0 Å². The van der Waals surface area contributed by atoms with Crippen LogP contribution in [0.15, 0.2) is 0 Å². The molecule has 116 valence electrons. The molecule has 0 fully saturated rings. The topological polar surface area (TPSA) is 28.2 Å². The van der Waals surface area contributed by atoms with Gasteiger partial charge in [-0.25, -0.2) is 4.98 Å². The van der Waals surface area contributed by atoms with Crippen molar-refractivity contribution < 1.29 is 0 Å². The Hall–Kier alpha value is -0.610. The molecule has 20 heavy (non-hydrogen) atoms. The van der Waals surface area contributed by atoms with Crippen LogP contribution in [-0.2, 0) is 13.0 Å². The van der Waals surface area contributed by atoms with Crippen LogP contribution in [0.3, 0.4) is 0 Å². The molecule has 1 heterocycles. The maximum Gasteiger partial charge on any atom is 0.185 e. The van der Waals surface area contributed by atoms with Crippen LogP contribution < -0.4 is 10.2 Å². The van der Waals surface area contributed by atoms with Crippen molar-refractivity contribution in [3.8, 4) is 0 Å². The minimum absolute atomic E-state index is 0.695. The van der Waals surface area contributed by atoms with Gasteiger partial charge in [0.1, 0.15) is 0 Å². The minimum Gasteiger partial charge on any atom is -0.351 e. The Labute approximate surface area is 128 Å². The van der Waals surface area contributed by atoms with Gasteiger partial charge < -0.3 is 10.2 Å². The lowest BCUT2D eigenvalue weighted by Crippen LogP contribution is -2.23. The van der Waals surface area contributed by atoms with Gasteiger partial charge in [-0.2, -0.15) is 0 Å². The van der Waals surface area contributed by atoms with E-state index in [2.05, 4.69) is 51.9 Å². The van der Waals surface area contributed by atoms with Crippen LogP contribution in [0, 0.1) is 11.8 Å². The Morgan fingerprint density at radius 3 is 2.50 bits per heavy atom. The normalized spacial score (nSPS) is 12.9. The van der Waals surface area contributed by atoms with Gasteiger partial charge in [0.25, 0.3) is 0 Å². The van der Waals surface area contributed by atoms with E-state index in [0.29, 0.717) is 5.92 Å². The predicted molar refractivity (Wildman–Crippen MR) is 90.8 cm³/mol. The highest BCUT2D eigenvalue weighted by Gasteiger charge is 2.14. The summed E-state index contributed by atoms with van der Waals surface area (Å²) in [6, 6.07) is 0. The summed E-state index contributed by atoms with van der Waals surface area (Å²) in [4.78, 5) is 8.53. The van der Waals surface area contributed by atoms with Gasteiger partial charge in [0, 0.05) is 25.0 Å². The zero-order valence-corrected chi connectivity index (χ0v) is 14.8. The first-order chi connectivity index (χ1) is 9.47. The van der Waals surface area contributed by atoms with E-state index in [4.69, 9.17) is 4.98 Å². The molecule has 0 saturated carbocycles. The summed E-state index contributed by atoms with van der Waals surface area (Å²) >= 11 is 1.85. The molecule has 0 amide bonds. The van der Waals surface area contributed by atoms with Crippen LogP contribution in [0.2, 0.25) is 0 Å². The predicted octanol–water partition coefficient (Wildman–Crippen LogP) is 3.93. The molecule has 4 heteroatoms.